The van der Waals surface area contributed by atoms with Gasteiger partial charge in [0.2, 0.25) is 17.7 Å². The third kappa shape index (κ3) is 4.08. The van der Waals surface area contributed by atoms with Crippen LogP contribution in [-0.2, 0) is 25.6 Å². The number of carboxylic acid groups (broad SMARTS) is 1. The van der Waals surface area contributed by atoms with Crippen LogP contribution in [0.25, 0.3) is 10.9 Å². The van der Waals surface area contributed by atoms with Gasteiger partial charge in [-0.15, -0.1) is 0 Å². The van der Waals surface area contributed by atoms with Crippen LogP contribution in [0.1, 0.15) is 18.9 Å². The number of aromatic nitrogens is 1. The maximum absolute atomic E-state index is 12.2. The zero-order chi connectivity index (χ0) is 19.6. The fourth-order valence-corrected chi connectivity index (χ4v) is 3.04. The van der Waals surface area contributed by atoms with Crippen LogP contribution in [0.15, 0.2) is 30.5 Å². The molecular formula is C18H20N4O5. The average Bonchev–Trinajstić information content (AvgIpc) is 3.02. The summed E-state index contributed by atoms with van der Waals surface area (Å²) in [7, 11) is 0. The highest BCUT2D eigenvalue weighted by molar-refractivity contribution is 5.99. The summed E-state index contributed by atoms with van der Waals surface area (Å²) < 4.78 is 0. The molecule has 2 heterocycles. The molecule has 1 aromatic carbocycles. The SMILES string of the molecule is C[C@H]1NC(=O)[C@@H](CC(=O)N[C@@H](Cc2c[nH]c3ccccc23)C(=O)O)NC1=O. The van der Waals surface area contributed by atoms with Gasteiger partial charge < -0.3 is 26.0 Å². The molecule has 2 aromatic rings. The minimum absolute atomic E-state index is 0.0886. The predicted octanol–water partition coefficient (Wildman–Crippen LogP) is -0.327. The number of amides is 3. The molecule has 3 amide bonds. The zero-order valence-electron chi connectivity index (χ0n) is 14.6. The van der Waals surface area contributed by atoms with Gasteiger partial charge in [0.05, 0.1) is 6.42 Å². The molecule has 0 radical (unpaired) electrons. The van der Waals surface area contributed by atoms with Gasteiger partial charge in [0.1, 0.15) is 18.1 Å². The summed E-state index contributed by atoms with van der Waals surface area (Å²) in [5, 5.41) is 17.7. The smallest absolute Gasteiger partial charge is 0.326 e. The lowest BCUT2D eigenvalue weighted by molar-refractivity contribution is -0.142. The van der Waals surface area contributed by atoms with Gasteiger partial charge in [0.25, 0.3) is 0 Å². The molecule has 0 bridgehead atoms. The van der Waals surface area contributed by atoms with Crippen LogP contribution in [0.3, 0.4) is 0 Å². The van der Waals surface area contributed by atoms with E-state index in [0.717, 1.165) is 16.5 Å². The first kappa shape index (κ1) is 18.4. The molecule has 0 aliphatic carbocycles. The van der Waals surface area contributed by atoms with Crippen molar-refractivity contribution < 1.29 is 24.3 Å². The van der Waals surface area contributed by atoms with Crippen LogP contribution < -0.4 is 16.0 Å². The minimum atomic E-state index is -1.18. The van der Waals surface area contributed by atoms with Crippen LogP contribution in [0.5, 0.6) is 0 Å². The van der Waals surface area contributed by atoms with Crippen LogP contribution in [-0.4, -0.2) is 51.9 Å². The lowest BCUT2D eigenvalue weighted by atomic mass is 10.0. The quantitative estimate of drug-likeness (QED) is 0.472. The van der Waals surface area contributed by atoms with Gasteiger partial charge in [-0.2, -0.15) is 0 Å². The number of H-pyrrole nitrogens is 1. The van der Waals surface area contributed by atoms with Gasteiger partial charge in [0.15, 0.2) is 0 Å². The van der Waals surface area contributed by atoms with Crippen molar-refractivity contribution in [2.45, 2.75) is 37.9 Å². The van der Waals surface area contributed by atoms with Gasteiger partial charge in [-0.05, 0) is 18.6 Å². The van der Waals surface area contributed by atoms with Crippen molar-refractivity contribution in [3.8, 4) is 0 Å². The zero-order valence-corrected chi connectivity index (χ0v) is 14.6. The Hall–Kier alpha value is -3.36. The van der Waals surface area contributed by atoms with Crippen LogP contribution in [0, 0.1) is 0 Å². The van der Waals surface area contributed by atoms with Crippen molar-refractivity contribution in [1.29, 1.82) is 0 Å². The molecule has 0 saturated carbocycles. The van der Waals surface area contributed by atoms with E-state index in [1.807, 2.05) is 24.3 Å². The second-order valence-electron chi connectivity index (χ2n) is 6.52. The van der Waals surface area contributed by atoms with E-state index in [4.69, 9.17) is 0 Å². The van der Waals surface area contributed by atoms with Gasteiger partial charge in [0, 0.05) is 23.5 Å². The number of aromatic amines is 1. The highest BCUT2D eigenvalue weighted by Gasteiger charge is 2.33. The first-order valence-electron chi connectivity index (χ1n) is 8.53. The summed E-state index contributed by atoms with van der Waals surface area (Å²) in [5.74, 6) is -2.67. The average molecular weight is 372 g/mol. The molecule has 142 valence electrons. The monoisotopic (exact) mass is 372 g/mol. The number of aliphatic carboxylic acids is 1. The molecule has 1 aliphatic heterocycles. The number of hydrogen-bond donors (Lipinski definition) is 5. The lowest BCUT2D eigenvalue weighted by Crippen LogP contribution is -2.61. The topological polar surface area (TPSA) is 140 Å². The van der Waals surface area contributed by atoms with E-state index in [1.54, 1.807) is 6.20 Å². The highest BCUT2D eigenvalue weighted by Crippen LogP contribution is 2.19. The van der Waals surface area contributed by atoms with Crippen LogP contribution >= 0.6 is 0 Å². The maximum Gasteiger partial charge on any atom is 0.326 e. The second kappa shape index (κ2) is 7.48. The number of benzene rings is 1. The molecule has 0 spiro atoms. The molecule has 0 unspecified atom stereocenters. The summed E-state index contributed by atoms with van der Waals surface area (Å²) in [4.78, 5) is 50.4. The van der Waals surface area contributed by atoms with Crippen LogP contribution in [0.4, 0.5) is 0 Å². The third-order valence-electron chi connectivity index (χ3n) is 4.51. The largest absolute Gasteiger partial charge is 0.480 e. The van der Waals surface area contributed by atoms with E-state index < -0.39 is 35.9 Å². The minimum Gasteiger partial charge on any atom is -0.480 e. The van der Waals surface area contributed by atoms with E-state index in [1.165, 1.54) is 6.92 Å². The van der Waals surface area contributed by atoms with Gasteiger partial charge in [-0.3, -0.25) is 14.4 Å². The Labute approximate surface area is 154 Å². The normalized spacial score (nSPS) is 20.6. The molecule has 1 fully saturated rings. The Morgan fingerprint density at radius 2 is 1.93 bits per heavy atom. The summed E-state index contributed by atoms with van der Waals surface area (Å²) in [5.41, 5.74) is 1.63. The Kier molecular flexibility index (Phi) is 5.11. The molecule has 1 saturated heterocycles. The summed E-state index contributed by atoms with van der Waals surface area (Å²) in [6.07, 6.45) is 1.47. The Morgan fingerprint density at radius 1 is 1.19 bits per heavy atom. The molecule has 9 nitrogen and oxygen atoms in total. The number of carbonyl (C=O) groups excluding carboxylic acids is 3. The van der Waals surface area contributed by atoms with E-state index in [9.17, 15) is 24.3 Å². The molecule has 9 heteroatoms. The number of fused-ring (bicyclic) bond motifs is 1. The molecule has 1 aromatic heterocycles. The highest BCUT2D eigenvalue weighted by atomic mass is 16.4. The molecule has 3 atom stereocenters. The predicted molar refractivity (Wildman–Crippen MR) is 95.7 cm³/mol. The number of piperazine rings is 1. The van der Waals surface area contributed by atoms with Gasteiger partial charge in [-0.25, -0.2) is 4.79 Å². The lowest BCUT2D eigenvalue weighted by Gasteiger charge is -2.27. The number of hydrogen-bond acceptors (Lipinski definition) is 4. The number of carboxylic acids is 1. The maximum atomic E-state index is 12.2. The van der Waals surface area contributed by atoms with Gasteiger partial charge in [-0.1, -0.05) is 18.2 Å². The summed E-state index contributed by atoms with van der Waals surface area (Å²) >= 11 is 0. The molecular weight excluding hydrogens is 352 g/mol. The Bertz CT molecular complexity index is 906. The Balaban J connectivity index is 1.66. The van der Waals surface area contributed by atoms with Crippen molar-refractivity contribution in [3.63, 3.8) is 0 Å². The van der Waals surface area contributed by atoms with E-state index >= 15 is 0 Å². The van der Waals surface area contributed by atoms with Gasteiger partial charge >= 0.3 is 5.97 Å². The summed E-state index contributed by atoms with van der Waals surface area (Å²) in [6.45, 7) is 1.53. The fraction of sp³-hybridized carbons (Fsp3) is 0.333. The van der Waals surface area contributed by atoms with Crippen molar-refractivity contribution >= 4 is 34.6 Å². The first-order valence-corrected chi connectivity index (χ1v) is 8.53. The van der Waals surface area contributed by atoms with E-state index in [-0.39, 0.29) is 18.7 Å². The standard InChI is InChI=1S/C18H20N4O5/c1-9-16(24)22-13(17(25)20-9)7-15(23)21-14(18(26)27)6-10-8-19-12-5-3-2-4-11(10)12/h2-5,8-9,13-14,19H,6-7H2,1H3,(H,20,25)(H,21,23)(H,22,24)(H,26,27)/t9-,13-,14+/m1/s1. The number of nitrogens with one attached hydrogen (secondary N) is 4. The molecule has 5 N–H and O–H groups in total. The van der Waals surface area contributed by atoms with Crippen molar-refractivity contribution in [2.24, 2.45) is 0 Å². The Morgan fingerprint density at radius 3 is 2.67 bits per heavy atom. The second-order valence-corrected chi connectivity index (χ2v) is 6.52. The van der Waals surface area contributed by atoms with Crippen LogP contribution in [0.2, 0.25) is 0 Å². The fourth-order valence-electron chi connectivity index (χ4n) is 3.04. The summed E-state index contributed by atoms with van der Waals surface area (Å²) in [6, 6.07) is 4.62. The number of rotatable bonds is 6. The first-order chi connectivity index (χ1) is 12.8. The van der Waals surface area contributed by atoms with Crippen molar-refractivity contribution in [1.82, 2.24) is 20.9 Å². The van der Waals surface area contributed by atoms with E-state index in [0.29, 0.717) is 0 Å². The molecule has 27 heavy (non-hydrogen) atoms. The number of carbonyl (C=O) groups is 4. The molecule has 1 aliphatic rings. The van der Waals surface area contributed by atoms with Crippen molar-refractivity contribution in [3.05, 3.63) is 36.0 Å². The molecule has 3 rings (SSSR count). The van der Waals surface area contributed by atoms with E-state index in [2.05, 4.69) is 20.9 Å². The number of para-hydroxylation sites is 1. The third-order valence-corrected chi connectivity index (χ3v) is 4.51. The van der Waals surface area contributed by atoms with Crippen molar-refractivity contribution in [2.75, 3.05) is 0 Å².